The molecule has 2 fully saturated rings. The van der Waals surface area contributed by atoms with Crippen molar-refractivity contribution < 1.29 is 9.47 Å². The van der Waals surface area contributed by atoms with Crippen molar-refractivity contribution in [3.05, 3.63) is 29.8 Å². The van der Waals surface area contributed by atoms with Crippen LogP contribution in [0, 0.1) is 0 Å². The van der Waals surface area contributed by atoms with Gasteiger partial charge in [0.05, 0.1) is 25.4 Å². The minimum absolute atomic E-state index is 0.343. The average molecular weight is 333 g/mol. The van der Waals surface area contributed by atoms with Gasteiger partial charge in [0.25, 0.3) is 0 Å². The fourth-order valence-corrected chi connectivity index (χ4v) is 3.70. The minimum atomic E-state index is 0.343. The van der Waals surface area contributed by atoms with Gasteiger partial charge in [-0.25, -0.2) is 0 Å². The molecule has 5 nitrogen and oxygen atoms in total. The summed E-state index contributed by atoms with van der Waals surface area (Å²) >= 11 is 0. The van der Waals surface area contributed by atoms with E-state index in [1.165, 1.54) is 11.3 Å². The normalized spacial score (nSPS) is 25.8. The lowest BCUT2D eigenvalue weighted by molar-refractivity contribution is -0.0674. The van der Waals surface area contributed by atoms with E-state index in [4.69, 9.17) is 9.47 Å². The third-order valence-corrected chi connectivity index (χ3v) is 4.76. The second-order valence-corrected chi connectivity index (χ2v) is 6.92. The molecule has 2 aliphatic heterocycles. The molecule has 1 N–H and O–H groups in total. The fraction of sp³-hybridized carbons (Fsp3) is 0.684. The number of hydrogen-bond donors (Lipinski definition) is 1. The summed E-state index contributed by atoms with van der Waals surface area (Å²) in [5, 5.41) is 3.62. The highest BCUT2D eigenvalue weighted by molar-refractivity contribution is 5.53. The van der Waals surface area contributed by atoms with Gasteiger partial charge in [0, 0.05) is 51.5 Å². The summed E-state index contributed by atoms with van der Waals surface area (Å²) in [5.74, 6) is 0. The average Bonchev–Trinajstić information content (AvgIpc) is 2.59. The van der Waals surface area contributed by atoms with E-state index in [1.807, 2.05) is 0 Å². The van der Waals surface area contributed by atoms with Crippen LogP contribution in [0.5, 0.6) is 0 Å². The van der Waals surface area contributed by atoms with E-state index in [1.54, 1.807) is 0 Å². The van der Waals surface area contributed by atoms with Crippen molar-refractivity contribution in [2.45, 2.75) is 32.6 Å². The van der Waals surface area contributed by atoms with Gasteiger partial charge in [-0.1, -0.05) is 18.2 Å². The molecule has 24 heavy (non-hydrogen) atoms. The van der Waals surface area contributed by atoms with Crippen LogP contribution >= 0.6 is 0 Å². The van der Waals surface area contributed by atoms with Crippen LogP contribution in [0.15, 0.2) is 24.3 Å². The highest BCUT2D eigenvalue weighted by Gasteiger charge is 2.21. The van der Waals surface area contributed by atoms with Gasteiger partial charge >= 0.3 is 0 Å². The summed E-state index contributed by atoms with van der Waals surface area (Å²) in [6.45, 7) is 13.0. The maximum absolute atomic E-state index is 5.80. The second kappa shape index (κ2) is 8.81. The number of para-hydroxylation sites is 1. The summed E-state index contributed by atoms with van der Waals surface area (Å²) < 4.78 is 11.3. The Balaban J connectivity index is 1.46. The Morgan fingerprint density at radius 1 is 1.08 bits per heavy atom. The molecule has 0 bridgehead atoms. The molecule has 0 amide bonds. The molecule has 0 spiro atoms. The summed E-state index contributed by atoms with van der Waals surface area (Å²) in [4.78, 5) is 4.94. The van der Waals surface area contributed by atoms with Crippen LogP contribution < -0.4 is 10.2 Å². The number of anilines is 1. The molecule has 2 aliphatic rings. The maximum Gasteiger partial charge on any atom is 0.0678 e. The third-order valence-electron chi connectivity index (χ3n) is 4.76. The van der Waals surface area contributed by atoms with Gasteiger partial charge in [0.1, 0.15) is 0 Å². The lowest BCUT2D eigenvalue weighted by Crippen LogP contribution is -2.47. The number of rotatable bonds is 6. The number of hydrogen-bond acceptors (Lipinski definition) is 5. The molecule has 2 heterocycles. The Bertz CT molecular complexity index is 495. The van der Waals surface area contributed by atoms with Crippen LogP contribution in [0.2, 0.25) is 0 Å². The molecule has 1 aromatic rings. The van der Waals surface area contributed by atoms with Gasteiger partial charge in [-0.3, -0.25) is 4.90 Å². The zero-order chi connectivity index (χ0) is 16.8. The molecule has 2 saturated heterocycles. The topological polar surface area (TPSA) is 37.0 Å². The summed E-state index contributed by atoms with van der Waals surface area (Å²) in [6.07, 6.45) is 0.687. The standard InChI is InChI=1S/C19H31N3O2/c1-16-14-21(15-17(2)24-16)8-7-20-13-18-5-3-4-6-19(18)22-9-11-23-12-10-22/h3-6,16-17,20H,7-15H2,1-2H3/t16-,17-/m0/s1. The van der Waals surface area contributed by atoms with Crippen molar-refractivity contribution in [2.24, 2.45) is 0 Å². The quantitative estimate of drug-likeness (QED) is 0.803. The van der Waals surface area contributed by atoms with Gasteiger partial charge in [-0.05, 0) is 25.5 Å². The van der Waals surface area contributed by atoms with Gasteiger partial charge in [0.15, 0.2) is 0 Å². The first-order valence-electron chi connectivity index (χ1n) is 9.21. The molecule has 0 aliphatic carbocycles. The fourth-order valence-electron chi connectivity index (χ4n) is 3.70. The van der Waals surface area contributed by atoms with Gasteiger partial charge in [-0.15, -0.1) is 0 Å². The molecule has 0 radical (unpaired) electrons. The lowest BCUT2D eigenvalue weighted by atomic mass is 10.1. The zero-order valence-electron chi connectivity index (χ0n) is 15.0. The molecule has 2 atom stereocenters. The maximum atomic E-state index is 5.80. The molecule has 0 aromatic heterocycles. The van der Waals surface area contributed by atoms with Crippen molar-refractivity contribution in [3.8, 4) is 0 Å². The molecular weight excluding hydrogens is 302 g/mol. The monoisotopic (exact) mass is 333 g/mol. The Morgan fingerprint density at radius 3 is 2.54 bits per heavy atom. The molecule has 0 saturated carbocycles. The number of ether oxygens (including phenoxy) is 2. The zero-order valence-corrected chi connectivity index (χ0v) is 15.0. The van der Waals surface area contributed by atoms with E-state index in [9.17, 15) is 0 Å². The molecule has 1 aromatic carbocycles. The molecule has 5 heteroatoms. The van der Waals surface area contributed by atoms with E-state index in [-0.39, 0.29) is 0 Å². The first-order chi connectivity index (χ1) is 11.7. The Morgan fingerprint density at radius 2 is 1.79 bits per heavy atom. The number of nitrogens with zero attached hydrogens (tertiary/aromatic N) is 2. The van der Waals surface area contributed by atoms with Gasteiger partial charge in [0.2, 0.25) is 0 Å². The Kier molecular flexibility index (Phi) is 6.49. The van der Waals surface area contributed by atoms with Crippen LogP contribution in [0.25, 0.3) is 0 Å². The van der Waals surface area contributed by atoms with E-state index in [0.717, 1.165) is 59.0 Å². The molecule has 134 valence electrons. The third kappa shape index (κ3) is 4.93. The highest BCUT2D eigenvalue weighted by atomic mass is 16.5. The number of nitrogens with one attached hydrogen (secondary N) is 1. The van der Waals surface area contributed by atoms with Crippen molar-refractivity contribution in [3.63, 3.8) is 0 Å². The van der Waals surface area contributed by atoms with Gasteiger partial charge < -0.3 is 19.7 Å². The predicted octanol–water partition coefficient (Wildman–Crippen LogP) is 1.72. The number of morpholine rings is 2. The molecular formula is C19H31N3O2. The van der Waals surface area contributed by atoms with E-state index < -0.39 is 0 Å². The van der Waals surface area contributed by atoms with Crippen LogP contribution in [-0.4, -0.2) is 69.6 Å². The first kappa shape index (κ1) is 17.7. The van der Waals surface area contributed by atoms with Crippen molar-refractivity contribution in [2.75, 3.05) is 57.4 Å². The largest absolute Gasteiger partial charge is 0.378 e. The Labute approximate surface area is 145 Å². The van der Waals surface area contributed by atoms with Crippen LogP contribution in [0.4, 0.5) is 5.69 Å². The first-order valence-corrected chi connectivity index (χ1v) is 9.21. The molecule has 0 unspecified atom stereocenters. The van der Waals surface area contributed by atoms with Crippen LogP contribution in [0.3, 0.4) is 0 Å². The SMILES string of the molecule is C[C@H]1CN(CCNCc2ccccc2N2CCOCC2)C[C@H](C)O1. The van der Waals surface area contributed by atoms with Crippen LogP contribution in [0.1, 0.15) is 19.4 Å². The van der Waals surface area contributed by atoms with Crippen molar-refractivity contribution in [1.29, 1.82) is 0 Å². The summed E-state index contributed by atoms with van der Waals surface area (Å²) in [7, 11) is 0. The summed E-state index contributed by atoms with van der Waals surface area (Å²) in [5.41, 5.74) is 2.73. The smallest absolute Gasteiger partial charge is 0.0678 e. The van der Waals surface area contributed by atoms with E-state index >= 15 is 0 Å². The van der Waals surface area contributed by atoms with E-state index in [2.05, 4.69) is 53.2 Å². The van der Waals surface area contributed by atoms with Crippen molar-refractivity contribution in [1.82, 2.24) is 10.2 Å². The van der Waals surface area contributed by atoms with Gasteiger partial charge in [-0.2, -0.15) is 0 Å². The van der Waals surface area contributed by atoms with Crippen LogP contribution in [-0.2, 0) is 16.0 Å². The van der Waals surface area contributed by atoms with Crippen molar-refractivity contribution >= 4 is 5.69 Å². The summed E-state index contributed by atoms with van der Waals surface area (Å²) in [6, 6.07) is 8.72. The predicted molar refractivity (Wildman–Crippen MR) is 97.6 cm³/mol. The van der Waals surface area contributed by atoms with E-state index in [0.29, 0.717) is 12.2 Å². The number of benzene rings is 1. The molecule has 3 rings (SSSR count). The highest BCUT2D eigenvalue weighted by Crippen LogP contribution is 2.21. The Hall–Kier alpha value is -1.14. The minimum Gasteiger partial charge on any atom is -0.378 e. The lowest BCUT2D eigenvalue weighted by Gasteiger charge is -2.35. The second-order valence-electron chi connectivity index (χ2n) is 6.92.